The Morgan fingerprint density at radius 1 is 1.12 bits per heavy atom. The summed E-state index contributed by atoms with van der Waals surface area (Å²) in [5.41, 5.74) is 6.24. The maximum Gasteiger partial charge on any atom is 0.0685 e. The molecule has 0 radical (unpaired) electrons. The van der Waals surface area contributed by atoms with Crippen LogP contribution in [0.2, 0.25) is 0 Å². The molecule has 2 heteroatoms. The molecule has 0 bridgehead atoms. The molecule has 3 aliphatic rings. The van der Waals surface area contributed by atoms with E-state index in [0.717, 1.165) is 30.9 Å². The van der Waals surface area contributed by atoms with E-state index in [4.69, 9.17) is 10.5 Å². The summed E-state index contributed by atoms with van der Waals surface area (Å²) < 4.78 is 6.03. The highest BCUT2D eigenvalue weighted by atomic mass is 16.5. The Kier molecular flexibility index (Phi) is 2.97. The summed E-state index contributed by atoms with van der Waals surface area (Å²) in [4.78, 5) is 0. The molecule has 3 atom stereocenters. The van der Waals surface area contributed by atoms with Crippen LogP contribution in [0.4, 0.5) is 0 Å². The van der Waals surface area contributed by atoms with Crippen molar-refractivity contribution in [2.75, 3.05) is 13.2 Å². The summed E-state index contributed by atoms with van der Waals surface area (Å²) in [5, 5.41) is 0. The van der Waals surface area contributed by atoms with E-state index in [2.05, 4.69) is 0 Å². The lowest BCUT2D eigenvalue weighted by Gasteiger charge is -2.49. The molecule has 1 heterocycles. The minimum absolute atomic E-state index is 0.324. The molecule has 1 saturated heterocycles. The molecule has 0 aromatic heterocycles. The van der Waals surface area contributed by atoms with Crippen LogP contribution < -0.4 is 5.73 Å². The number of nitrogens with two attached hydrogens (primary N) is 1. The second kappa shape index (κ2) is 4.30. The summed E-state index contributed by atoms with van der Waals surface area (Å²) in [5.74, 6) is 2.66. The summed E-state index contributed by atoms with van der Waals surface area (Å²) in [7, 11) is 0. The molecule has 2 nitrogen and oxygen atoms in total. The maximum absolute atomic E-state index is 6.03. The van der Waals surface area contributed by atoms with E-state index in [-0.39, 0.29) is 0 Å². The van der Waals surface area contributed by atoms with E-state index < -0.39 is 0 Å². The SMILES string of the molecule is NCC1CCCC1C1CCOC2(CCC2)C1. The highest BCUT2D eigenvalue weighted by Gasteiger charge is 2.45. The standard InChI is InChI=1S/C14H25NO/c15-10-12-3-1-4-13(12)11-5-8-16-14(9-11)6-2-7-14/h11-13H,1-10,15H2. The Labute approximate surface area is 98.9 Å². The van der Waals surface area contributed by atoms with Crippen LogP contribution in [0.1, 0.15) is 51.4 Å². The molecule has 3 fully saturated rings. The topological polar surface area (TPSA) is 35.2 Å². The third-order valence-corrected chi connectivity index (χ3v) is 5.42. The molecule has 0 amide bonds. The number of hydrogen-bond donors (Lipinski definition) is 1. The van der Waals surface area contributed by atoms with Crippen LogP contribution in [-0.2, 0) is 4.74 Å². The second-order valence-corrected chi connectivity index (χ2v) is 6.23. The first-order valence-corrected chi connectivity index (χ1v) is 7.17. The van der Waals surface area contributed by atoms with Crippen molar-refractivity contribution in [1.29, 1.82) is 0 Å². The highest BCUT2D eigenvalue weighted by Crippen LogP contribution is 2.49. The average molecular weight is 223 g/mol. The molecule has 1 aliphatic heterocycles. The zero-order valence-electron chi connectivity index (χ0n) is 10.3. The Hall–Kier alpha value is -0.0800. The first-order valence-electron chi connectivity index (χ1n) is 7.17. The highest BCUT2D eigenvalue weighted by molar-refractivity contribution is 4.97. The molecule has 1 spiro atoms. The van der Waals surface area contributed by atoms with Gasteiger partial charge in [-0.05, 0) is 69.2 Å². The second-order valence-electron chi connectivity index (χ2n) is 6.23. The van der Waals surface area contributed by atoms with Crippen LogP contribution in [0.3, 0.4) is 0 Å². The first kappa shape index (κ1) is 11.0. The zero-order valence-corrected chi connectivity index (χ0v) is 10.3. The summed E-state index contributed by atoms with van der Waals surface area (Å²) in [6.45, 7) is 1.92. The third kappa shape index (κ3) is 1.80. The van der Waals surface area contributed by atoms with Crippen molar-refractivity contribution in [2.45, 2.75) is 57.0 Å². The smallest absolute Gasteiger partial charge is 0.0685 e. The van der Waals surface area contributed by atoms with Gasteiger partial charge in [0.15, 0.2) is 0 Å². The fourth-order valence-electron chi connectivity index (χ4n) is 4.33. The van der Waals surface area contributed by atoms with Crippen LogP contribution in [0.5, 0.6) is 0 Å². The quantitative estimate of drug-likeness (QED) is 0.781. The molecule has 0 aromatic rings. The van der Waals surface area contributed by atoms with Crippen LogP contribution >= 0.6 is 0 Å². The van der Waals surface area contributed by atoms with E-state index in [1.54, 1.807) is 0 Å². The van der Waals surface area contributed by atoms with Crippen molar-refractivity contribution in [1.82, 2.24) is 0 Å². The monoisotopic (exact) mass is 223 g/mol. The van der Waals surface area contributed by atoms with Gasteiger partial charge in [-0.25, -0.2) is 0 Å². The maximum atomic E-state index is 6.03. The Morgan fingerprint density at radius 3 is 2.69 bits per heavy atom. The van der Waals surface area contributed by atoms with Crippen molar-refractivity contribution in [2.24, 2.45) is 23.5 Å². The van der Waals surface area contributed by atoms with Crippen molar-refractivity contribution >= 4 is 0 Å². The molecule has 92 valence electrons. The Balaban J connectivity index is 1.65. The van der Waals surface area contributed by atoms with Gasteiger partial charge in [-0.1, -0.05) is 6.42 Å². The minimum atomic E-state index is 0.324. The van der Waals surface area contributed by atoms with Gasteiger partial charge in [-0.3, -0.25) is 0 Å². The normalized spacial score (nSPS) is 42.2. The Bertz CT molecular complexity index is 249. The van der Waals surface area contributed by atoms with Crippen LogP contribution in [0.25, 0.3) is 0 Å². The van der Waals surface area contributed by atoms with Gasteiger partial charge in [0.05, 0.1) is 5.60 Å². The predicted octanol–water partition coefficient (Wildman–Crippen LogP) is 2.71. The largest absolute Gasteiger partial charge is 0.375 e. The lowest BCUT2D eigenvalue weighted by atomic mass is 9.67. The lowest BCUT2D eigenvalue weighted by Crippen LogP contribution is -2.47. The van der Waals surface area contributed by atoms with E-state index in [9.17, 15) is 0 Å². The van der Waals surface area contributed by atoms with Crippen LogP contribution in [0, 0.1) is 17.8 Å². The first-order chi connectivity index (χ1) is 7.83. The van der Waals surface area contributed by atoms with Crippen molar-refractivity contribution in [3.05, 3.63) is 0 Å². The van der Waals surface area contributed by atoms with Crippen molar-refractivity contribution in [3.63, 3.8) is 0 Å². The molecule has 3 unspecified atom stereocenters. The average Bonchev–Trinajstić information content (AvgIpc) is 2.75. The fourth-order valence-corrected chi connectivity index (χ4v) is 4.33. The summed E-state index contributed by atoms with van der Waals surface area (Å²) >= 11 is 0. The summed E-state index contributed by atoms with van der Waals surface area (Å²) in [6.07, 6.45) is 10.9. The van der Waals surface area contributed by atoms with Crippen molar-refractivity contribution < 1.29 is 4.74 Å². The molecule has 16 heavy (non-hydrogen) atoms. The minimum Gasteiger partial charge on any atom is -0.375 e. The van der Waals surface area contributed by atoms with Gasteiger partial charge in [-0.2, -0.15) is 0 Å². The molecule has 0 aromatic carbocycles. The van der Waals surface area contributed by atoms with E-state index in [0.29, 0.717) is 5.60 Å². The van der Waals surface area contributed by atoms with Gasteiger partial charge in [0, 0.05) is 6.61 Å². The van der Waals surface area contributed by atoms with Crippen molar-refractivity contribution in [3.8, 4) is 0 Å². The zero-order chi connectivity index (χ0) is 11.0. The fraction of sp³-hybridized carbons (Fsp3) is 1.00. The number of ether oxygens (including phenoxy) is 1. The molecule has 2 N–H and O–H groups in total. The van der Waals surface area contributed by atoms with E-state index in [1.165, 1.54) is 51.4 Å². The molecule has 3 rings (SSSR count). The third-order valence-electron chi connectivity index (χ3n) is 5.42. The molecular weight excluding hydrogens is 198 g/mol. The van der Waals surface area contributed by atoms with E-state index >= 15 is 0 Å². The van der Waals surface area contributed by atoms with Crippen LogP contribution in [0.15, 0.2) is 0 Å². The summed E-state index contributed by atoms with van der Waals surface area (Å²) in [6, 6.07) is 0. The molecule has 2 saturated carbocycles. The van der Waals surface area contributed by atoms with Gasteiger partial charge in [-0.15, -0.1) is 0 Å². The van der Waals surface area contributed by atoms with Gasteiger partial charge >= 0.3 is 0 Å². The number of hydrogen-bond acceptors (Lipinski definition) is 2. The van der Waals surface area contributed by atoms with E-state index in [1.807, 2.05) is 0 Å². The Morgan fingerprint density at radius 2 is 2.00 bits per heavy atom. The van der Waals surface area contributed by atoms with Gasteiger partial charge in [0.1, 0.15) is 0 Å². The lowest BCUT2D eigenvalue weighted by molar-refractivity contribution is -0.151. The van der Waals surface area contributed by atoms with Gasteiger partial charge < -0.3 is 10.5 Å². The van der Waals surface area contributed by atoms with Crippen LogP contribution in [-0.4, -0.2) is 18.8 Å². The predicted molar refractivity (Wildman–Crippen MR) is 65.1 cm³/mol. The molecular formula is C14H25NO. The van der Waals surface area contributed by atoms with Gasteiger partial charge in [0.25, 0.3) is 0 Å². The number of rotatable bonds is 2. The van der Waals surface area contributed by atoms with Gasteiger partial charge in [0.2, 0.25) is 0 Å². The molecule has 2 aliphatic carbocycles.